The van der Waals surface area contributed by atoms with Crippen molar-refractivity contribution in [2.45, 2.75) is 77.7 Å². The number of carbonyl (C=O) groups excluding carboxylic acids is 1. The molecule has 0 spiro atoms. The number of hydrogen-bond donors (Lipinski definition) is 2. The van der Waals surface area contributed by atoms with Crippen molar-refractivity contribution >= 4 is 5.78 Å². The lowest BCUT2D eigenvalue weighted by atomic mass is 9.45. The topological polar surface area (TPSA) is 57.5 Å². The van der Waals surface area contributed by atoms with Crippen LogP contribution < -0.4 is 0 Å². The minimum atomic E-state index is -1.11. The Morgan fingerprint density at radius 2 is 1.79 bits per heavy atom. The van der Waals surface area contributed by atoms with Crippen molar-refractivity contribution in [3.05, 3.63) is 11.8 Å². The summed E-state index contributed by atoms with van der Waals surface area (Å²) >= 11 is 0. The fraction of sp³-hybridized carbons (Fsp3) is 0.857. The van der Waals surface area contributed by atoms with Crippen LogP contribution in [0, 0.1) is 34.5 Å². The van der Waals surface area contributed by atoms with E-state index < -0.39 is 5.60 Å². The lowest BCUT2D eigenvalue weighted by Crippen LogP contribution is -2.57. The molecule has 24 heavy (non-hydrogen) atoms. The van der Waals surface area contributed by atoms with Gasteiger partial charge in [0.25, 0.3) is 0 Å². The van der Waals surface area contributed by atoms with E-state index in [-0.39, 0.29) is 16.6 Å². The fourth-order valence-corrected chi connectivity index (χ4v) is 7.44. The predicted octanol–water partition coefficient (Wildman–Crippen LogP) is 4.40. The number of rotatable bonds is 1. The molecule has 0 aromatic carbocycles. The first kappa shape index (κ1) is 16.6. The summed E-state index contributed by atoms with van der Waals surface area (Å²) in [4.78, 5) is 12.2. The van der Waals surface area contributed by atoms with Crippen LogP contribution in [0.4, 0.5) is 0 Å². The van der Waals surface area contributed by atoms with Gasteiger partial charge in [-0.1, -0.05) is 13.8 Å². The molecule has 0 aromatic heterocycles. The van der Waals surface area contributed by atoms with Crippen molar-refractivity contribution in [1.29, 1.82) is 0 Å². The minimum absolute atomic E-state index is 0.0311. The molecule has 3 nitrogen and oxygen atoms in total. The van der Waals surface area contributed by atoms with Crippen LogP contribution in [0.2, 0.25) is 0 Å². The van der Waals surface area contributed by atoms with Gasteiger partial charge in [-0.25, -0.2) is 0 Å². The van der Waals surface area contributed by atoms with Crippen molar-refractivity contribution in [1.82, 2.24) is 0 Å². The molecule has 0 heterocycles. The molecule has 1 unspecified atom stereocenters. The van der Waals surface area contributed by atoms with E-state index in [1.54, 1.807) is 6.92 Å². The highest BCUT2D eigenvalue weighted by Crippen LogP contribution is 2.67. The van der Waals surface area contributed by atoms with Gasteiger partial charge in [-0.15, -0.1) is 0 Å². The van der Waals surface area contributed by atoms with Crippen molar-refractivity contribution in [3.8, 4) is 0 Å². The van der Waals surface area contributed by atoms with Gasteiger partial charge in [0.1, 0.15) is 5.60 Å². The van der Waals surface area contributed by atoms with Gasteiger partial charge in [-0.05, 0) is 87.0 Å². The van der Waals surface area contributed by atoms with Crippen molar-refractivity contribution in [3.63, 3.8) is 0 Å². The first-order valence-electron chi connectivity index (χ1n) is 9.85. The van der Waals surface area contributed by atoms with Crippen LogP contribution in [0.3, 0.4) is 0 Å². The van der Waals surface area contributed by atoms with Crippen LogP contribution in [0.15, 0.2) is 11.8 Å². The molecular formula is C21H32O3. The minimum Gasteiger partial charge on any atom is -0.513 e. The summed E-state index contributed by atoms with van der Waals surface area (Å²) in [5.41, 5.74) is -1.06. The molecule has 0 saturated heterocycles. The first-order valence-corrected chi connectivity index (χ1v) is 9.85. The van der Waals surface area contributed by atoms with Gasteiger partial charge in [0.15, 0.2) is 5.78 Å². The van der Waals surface area contributed by atoms with E-state index in [4.69, 9.17) is 0 Å². The summed E-state index contributed by atoms with van der Waals surface area (Å²) in [7, 11) is 0. The molecule has 3 heteroatoms. The van der Waals surface area contributed by atoms with E-state index in [9.17, 15) is 15.0 Å². The molecule has 0 amide bonds. The van der Waals surface area contributed by atoms with Gasteiger partial charge in [0.2, 0.25) is 0 Å². The SMILES string of the molecule is CC(=O)[C@@]1(O)CC[C@H]2[C@@H]3CCC4C=C(O)CC[C@]4(C)[C@H]3CC[C@@]21C. The summed E-state index contributed by atoms with van der Waals surface area (Å²) in [6, 6.07) is 0. The quantitative estimate of drug-likeness (QED) is 0.748. The van der Waals surface area contributed by atoms with Crippen LogP contribution in [0.1, 0.15) is 72.1 Å². The lowest BCUT2D eigenvalue weighted by molar-refractivity contribution is -0.164. The normalized spacial score (nSPS) is 53.6. The zero-order valence-corrected chi connectivity index (χ0v) is 15.3. The lowest BCUT2D eigenvalue weighted by Gasteiger charge is -2.60. The van der Waals surface area contributed by atoms with Crippen LogP contribution in [-0.2, 0) is 4.79 Å². The van der Waals surface area contributed by atoms with Crippen molar-refractivity contribution in [2.24, 2.45) is 34.5 Å². The molecule has 134 valence electrons. The first-order chi connectivity index (χ1) is 11.2. The molecule has 4 rings (SSSR count). The maximum absolute atomic E-state index is 12.2. The summed E-state index contributed by atoms with van der Waals surface area (Å²) in [5, 5.41) is 21.1. The van der Waals surface area contributed by atoms with Crippen LogP contribution in [0.5, 0.6) is 0 Å². The largest absolute Gasteiger partial charge is 0.513 e. The molecule has 0 bridgehead atoms. The van der Waals surface area contributed by atoms with Gasteiger partial charge in [-0.3, -0.25) is 4.79 Å². The Kier molecular flexibility index (Phi) is 3.53. The van der Waals surface area contributed by atoms with Gasteiger partial charge < -0.3 is 10.2 Å². The molecule has 3 saturated carbocycles. The highest BCUT2D eigenvalue weighted by atomic mass is 16.3. The molecule has 4 aliphatic carbocycles. The van der Waals surface area contributed by atoms with Crippen LogP contribution in [0.25, 0.3) is 0 Å². The molecule has 0 radical (unpaired) electrons. The third-order valence-corrected chi connectivity index (χ3v) is 8.99. The Hall–Kier alpha value is -0.830. The monoisotopic (exact) mass is 332 g/mol. The molecule has 2 N–H and O–H groups in total. The van der Waals surface area contributed by atoms with Crippen molar-refractivity contribution in [2.75, 3.05) is 0 Å². The summed E-state index contributed by atoms with van der Waals surface area (Å²) in [6.07, 6.45) is 10.1. The highest BCUT2D eigenvalue weighted by Gasteiger charge is 2.65. The van der Waals surface area contributed by atoms with Gasteiger partial charge in [0.05, 0.1) is 5.76 Å². The molecule has 0 aromatic rings. The Balaban J connectivity index is 1.67. The summed E-state index contributed by atoms with van der Waals surface area (Å²) in [5.74, 6) is 2.84. The molecule has 7 atom stereocenters. The molecule has 4 aliphatic rings. The standard InChI is InChI=1S/C21H32O3/c1-13(22)21(24)11-8-18-16-5-4-14-12-15(23)6-9-19(14,2)17(16)7-10-20(18,21)3/h12,14,16-18,23-24H,4-11H2,1-3H3/t14?,16-,17+,18+,19+,20+,21+/m1/s1. The number of fused-ring (bicyclic) bond motifs is 5. The van der Waals surface area contributed by atoms with Crippen LogP contribution >= 0.6 is 0 Å². The second-order valence-electron chi connectivity index (χ2n) is 9.64. The second-order valence-corrected chi connectivity index (χ2v) is 9.64. The maximum Gasteiger partial charge on any atom is 0.161 e. The average Bonchev–Trinajstić information content (AvgIpc) is 2.81. The third kappa shape index (κ3) is 1.91. The number of hydrogen-bond acceptors (Lipinski definition) is 3. The second kappa shape index (κ2) is 5.09. The fourth-order valence-electron chi connectivity index (χ4n) is 7.44. The van der Waals surface area contributed by atoms with Gasteiger partial charge in [0, 0.05) is 11.8 Å². The van der Waals surface area contributed by atoms with Gasteiger partial charge in [-0.2, -0.15) is 0 Å². The summed E-state index contributed by atoms with van der Waals surface area (Å²) < 4.78 is 0. The van der Waals surface area contributed by atoms with E-state index in [0.29, 0.717) is 35.9 Å². The predicted molar refractivity (Wildman–Crippen MR) is 93.5 cm³/mol. The zero-order chi connectivity index (χ0) is 17.3. The Labute approximate surface area is 145 Å². The van der Waals surface area contributed by atoms with Crippen LogP contribution in [-0.4, -0.2) is 21.6 Å². The van der Waals surface area contributed by atoms with E-state index in [2.05, 4.69) is 19.9 Å². The number of Topliss-reactive ketones (excluding diaryl/α,β-unsaturated/α-hetero) is 1. The Morgan fingerprint density at radius 3 is 2.50 bits per heavy atom. The average molecular weight is 332 g/mol. The molecular weight excluding hydrogens is 300 g/mol. The highest BCUT2D eigenvalue weighted by molar-refractivity contribution is 5.86. The van der Waals surface area contributed by atoms with E-state index in [0.717, 1.165) is 38.5 Å². The molecule has 3 fully saturated rings. The molecule has 0 aliphatic heterocycles. The van der Waals surface area contributed by atoms with E-state index >= 15 is 0 Å². The zero-order valence-electron chi connectivity index (χ0n) is 15.3. The Morgan fingerprint density at radius 1 is 1.08 bits per heavy atom. The Bertz CT molecular complexity index is 596. The van der Waals surface area contributed by atoms with Crippen molar-refractivity contribution < 1.29 is 15.0 Å². The van der Waals surface area contributed by atoms with E-state index in [1.165, 1.54) is 6.42 Å². The number of aliphatic hydroxyl groups is 2. The number of allylic oxidation sites excluding steroid dienone is 2. The smallest absolute Gasteiger partial charge is 0.161 e. The number of aliphatic hydroxyl groups excluding tert-OH is 1. The third-order valence-electron chi connectivity index (χ3n) is 8.99. The van der Waals surface area contributed by atoms with E-state index in [1.807, 2.05) is 0 Å². The number of ketones is 1. The van der Waals surface area contributed by atoms with Gasteiger partial charge >= 0.3 is 0 Å². The maximum atomic E-state index is 12.2. The number of carbonyl (C=O) groups is 1. The summed E-state index contributed by atoms with van der Waals surface area (Å²) in [6.45, 7) is 6.20.